The Morgan fingerprint density at radius 3 is 2.18 bits per heavy atom. The molecule has 4 rings (SSSR count). The molecule has 2 aromatic carbocycles. The summed E-state index contributed by atoms with van der Waals surface area (Å²) in [6.07, 6.45) is 7.43. The first-order chi connectivity index (χ1) is 18.3. The number of hydrogen-bond donors (Lipinski definition) is 1. The Kier molecular flexibility index (Phi) is 9.35. The molecular formula is C28H33F5N4O. The summed E-state index contributed by atoms with van der Waals surface area (Å²) in [5.74, 6) is -8.40. The van der Waals surface area contributed by atoms with Crippen molar-refractivity contribution in [2.45, 2.75) is 44.9 Å². The molecule has 38 heavy (non-hydrogen) atoms. The van der Waals surface area contributed by atoms with Gasteiger partial charge in [-0.25, -0.2) is 23.1 Å². The Morgan fingerprint density at radius 2 is 1.50 bits per heavy atom. The normalized spacial score (nSPS) is 17.7. The molecule has 5 nitrogen and oxygen atoms in total. The van der Waals surface area contributed by atoms with Crippen molar-refractivity contribution in [2.24, 2.45) is 11.8 Å². The highest BCUT2D eigenvalue weighted by molar-refractivity contribution is 5.89. The van der Waals surface area contributed by atoms with Gasteiger partial charge in [0.15, 0.2) is 5.75 Å². The predicted molar refractivity (Wildman–Crippen MR) is 137 cm³/mol. The first kappa shape index (κ1) is 28.0. The van der Waals surface area contributed by atoms with Gasteiger partial charge in [0.2, 0.25) is 29.1 Å². The first-order valence-corrected chi connectivity index (χ1v) is 13.0. The van der Waals surface area contributed by atoms with Crippen molar-refractivity contribution in [2.75, 3.05) is 38.7 Å². The monoisotopic (exact) mass is 536 g/mol. The predicted octanol–water partition coefficient (Wildman–Crippen LogP) is 6.19. The van der Waals surface area contributed by atoms with Crippen LogP contribution < -0.4 is 15.0 Å². The highest BCUT2D eigenvalue weighted by Crippen LogP contribution is 2.32. The number of fused-ring (bicyclic) bond motifs is 1. The molecule has 206 valence electrons. The molecule has 0 atom stereocenters. The number of ether oxygens (including phenoxy) is 1. The van der Waals surface area contributed by atoms with Crippen LogP contribution in [0.3, 0.4) is 0 Å². The van der Waals surface area contributed by atoms with Crippen molar-refractivity contribution in [3.05, 3.63) is 59.2 Å². The van der Waals surface area contributed by atoms with Crippen LogP contribution in [-0.4, -0.2) is 43.8 Å². The lowest BCUT2D eigenvalue weighted by atomic mass is 9.80. The lowest BCUT2D eigenvalue weighted by molar-refractivity contribution is 0.238. The number of rotatable bonds is 11. The van der Waals surface area contributed by atoms with Crippen molar-refractivity contribution < 1.29 is 26.7 Å². The molecule has 1 N–H and O–H groups in total. The zero-order valence-electron chi connectivity index (χ0n) is 21.7. The summed E-state index contributed by atoms with van der Waals surface area (Å²) in [4.78, 5) is 11.6. The van der Waals surface area contributed by atoms with Crippen LogP contribution in [0.4, 0.5) is 27.8 Å². The number of benzene rings is 2. The van der Waals surface area contributed by atoms with Gasteiger partial charge in [0.25, 0.3) is 0 Å². The zero-order valence-corrected chi connectivity index (χ0v) is 21.7. The third-order valence-electron chi connectivity index (χ3n) is 7.16. The maximum Gasteiger partial charge on any atom is 0.206 e. The van der Waals surface area contributed by atoms with E-state index in [2.05, 4.69) is 5.32 Å². The number of hydrogen-bond acceptors (Lipinski definition) is 5. The molecule has 1 fully saturated rings. The molecule has 1 saturated carbocycles. The van der Waals surface area contributed by atoms with E-state index in [0.29, 0.717) is 18.4 Å². The van der Waals surface area contributed by atoms with Crippen molar-refractivity contribution in [3.63, 3.8) is 0 Å². The van der Waals surface area contributed by atoms with Crippen LogP contribution >= 0.6 is 0 Å². The van der Waals surface area contributed by atoms with Crippen LogP contribution in [0.15, 0.2) is 24.3 Å². The SMILES string of the molecule is CN(C)c1nc(CCCC2CCC(CNCCOc3c(F)c(F)c(F)c(F)c3F)CC2)nc2ccccc12. The Labute approximate surface area is 219 Å². The van der Waals surface area contributed by atoms with Crippen molar-refractivity contribution in [1.29, 1.82) is 0 Å². The minimum absolute atomic E-state index is 0.208. The number of nitrogens with zero attached hydrogens (tertiary/aromatic N) is 3. The third-order valence-corrected chi connectivity index (χ3v) is 7.16. The average molecular weight is 537 g/mol. The molecule has 1 aromatic heterocycles. The summed E-state index contributed by atoms with van der Waals surface area (Å²) in [5, 5.41) is 4.21. The Balaban J connectivity index is 1.15. The number of anilines is 1. The number of halogens is 5. The highest BCUT2D eigenvalue weighted by Gasteiger charge is 2.27. The van der Waals surface area contributed by atoms with Gasteiger partial charge in [-0.2, -0.15) is 8.78 Å². The van der Waals surface area contributed by atoms with Gasteiger partial charge in [-0.3, -0.25) is 0 Å². The lowest BCUT2D eigenvalue weighted by Gasteiger charge is -2.28. The average Bonchev–Trinajstić information content (AvgIpc) is 2.92. The fourth-order valence-corrected chi connectivity index (χ4v) is 5.08. The number of aromatic nitrogens is 2. The second kappa shape index (κ2) is 12.7. The fourth-order valence-electron chi connectivity index (χ4n) is 5.08. The molecule has 10 heteroatoms. The van der Waals surface area contributed by atoms with E-state index in [1.54, 1.807) is 0 Å². The molecule has 0 aliphatic heterocycles. The molecule has 1 heterocycles. The van der Waals surface area contributed by atoms with Gasteiger partial charge >= 0.3 is 0 Å². The van der Waals surface area contributed by atoms with E-state index in [4.69, 9.17) is 14.7 Å². The minimum atomic E-state index is -2.19. The summed E-state index contributed by atoms with van der Waals surface area (Å²) in [7, 11) is 3.98. The Hall–Kier alpha value is -3.01. The summed E-state index contributed by atoms with van der Waals surface area (Å²) in [6.45, 7) is 0.742. The molecule has 0 spiro atoms. The van der Waals surface area contributed by atoms with Gasteiger partial charge in [-0.1, -0.05) is 31.4 Å². The topological polar surface area (TPSA) is 50.3 Å². The quantitative estimate of drug-likeness (QED) is 0.137. The lowest BCUT2D eigenvalue weighted by Crippen LogP contribution is -2.29. The zero-order chi connectivity index (χ0) is 27.2. The van der Waals surface area contributed by atoms with E-state index in [-0.39, 0.29) is 13.2 Å². The van der Waals surface area contributed by atoms with Gasteiger partial charge in [0, 0.05) is 32.4 Å². The molecule has 0 saturated heterocycles. The molecule has 3 aromatic rings. The Morgan fingerprint density at radius 1 is 0.868 bits per heavy atom. The third kappa shape index (κ3) is 6.51. The summed E-state index contributed by atoms with van der Waals surface area (Å²) < 4.78 is 71.8. The standard InChI is InChI=1S/C28H33F5N4O/c1-37(2)28-19-7-3-4-8-20(19)35-21(36-28)9-5-6-17-10-12-18(13-11-17)16-34-14-15-38-27-25(32)23(30)22(29)24(31)26(27)33/h3-4,7-8,17-18,34H,5-6,9-16H2,1-2H3. The van der Waals surface area contributed by atoms with Crippen LogP contribution in [0, 0.1) is 40.9 Å². The Bertz CT molecular complexity index is 1220. The van der Waals surface area contributed by atoms with E-state index in [9.17, 15) is 22.0 Å². The van der Waals surface area contributed by atoms with Crippen molar-refractivity contribution >= 4 is 16.7 Å². The molecule has 1 aliphatic rings. The summed E-state index contributed by atoms with van der Waals surface area (Å²) in [6, 6.07) is 8.06. The smallest absolute Gasteiger partial charge is 0.206 e. The molecule has 0 bridgehead atoms. The van der Waals surface area contributed by atoms with E-state index in [0.717, 1.165) is 67.5 Å². The number of aryl methyl sites for hydroxylation is 1. The highest BCUT2D eigenvalue weighted by atomic mass is 19.2. The van der Waals surface area contributed by atoms with Crippen molar-refractivity contribution in [1.82, 2.24) is 15.3 Å². The van der Waals surface area contributed by atoms with Crippen LogP contribution in [0.25, 0.3) is 10.9 Å². The molecule has 0 unspecified atom stereocenters. The van der Waals surface area contributed by atoms with Crippen LogP contribution in [0.5, 0.6) is 5.75 Å². The van der Waals surface area contributed by atoms with Gasteiger partial charge in [0.1, 0.15) is 18.2 Å². The fraction of sp³-hybridized carbons (Fsp3) is 0.500. The second-order valence-electron chi connectivity index (χ2n) is 10.1. The van der Waals surface area contributed by atoms with Gasteiger partial charge < -0.3 is 15.0 Å². The molecule has 0 amide bonds. The van der Waals surface area contributed by atoms with E-state index in [1.165, 1.54) is 0 Å². The van der Waals surface area contributed by atoms with E-state index < -0.39 is 34.8 Å². The van der Waals surface area contributed by atoms with Gasteiger partial charge in [-0.15, -0.1) is 0 Å². The van der Waals surface area contributed by atoms with Crippen molar-refractivity contribution in [3.8, 4) is 5.75 Å². The number of para-hydroxylation sites is 1. The minimum Gasteiger partial charge on any atom is -0.486 e. The largest absolute Gasteiger partial charge is 0.486 e. The second-order valence-corrected chi connectivity index (χ2v) is 10.1. The molecule has 0 radical (unpaired) electrons. The van der Waals surface area contributed by atoms with Gasteiger partial charge in [0.05, 0.1) is 5.52 Å². The van der Waals surface area contributed by atoms with Gasteiger partial charge in [-0.05, 0) is 49.8 Å². The van der Waals surface area contributed by atoms with E-state index in [1.807, 2.05) is 43.3 Å². The van der Waals surface area contributed by atoms with Crippen LogP contribution in [0.1, 0.15) is 44.3 Å². The maximum absolute atomic E-state index is 13.7. The van der Waals surface area contributed by atoms with Crippen LogP contribution in [0.2, 0.25) is 0 Å². The number of nitrogens with one attached hydrogen (secondary N) is 1. The van der Waals surface area contributed by atoms with E-state index >= 15 is 0 Å². The first-order valence-electron chi connectivity index (χ1n) is 13.0. The summed E-state index contributed by atoms with van der Waals surface area (Å²) in [5.41, 5.74) is 0.965. The molecule has 1 aliphatic carbocycles. The van der Waals surface area contributed by atoms with Crippen LogP contribution in [-0.2, 0) is 6.42 Å². The molecular weight excluding hydrogens is 503 g/mol. The summed E-state index contributed by atoms with van der Waals surface area (Å²) >= 11 is 0. The maximum atomic E-state index is 13.7.